The number of nitrogen functional groups attached to an aromatic ring is 1. The Morgan fingerprint density at radius 2 is 1.74 bits per heavy atom. The molecule has 2 aromatic heterocycles. The van der Waals surface area contributed by atoms with Crippen molar-refractivity contribution in [3.8, 4) is 17.3 Å². The van der Waals surface area contributed by atoms with Crippen molar-refractivity contribution in [3.05, 3.63) is 99.4 Å². The van der Waals surface area contributed by atoms with E-state index in [0.29, 0.717) is 35.5 Å². The van der Waals surface area contributed by atoms with Gasteiger partial charge in [0.15, 0.2) is 27.3 Å². The third-order valence-corrected chi connectivity index (χ3v) is 9.68. The summed E-state index contributed by atoms with van der Waals surface area (Å²) in [5.74, 6) is -3.76. The second-order valence-corrected chi connectivity index (χ2v) is 13.7. The van der Waals surface area contributed by atoms with E-state index in [0.717, 1.165) is 41.7 Å². The Morgan fingerprint density at radius 3 is 2.43 bits per heavy atom. The van der Waals surface area contributed by atoms with Crippen LogP contribution in [0.2, 0.25) is 0 Å². The van der Waals surface area contributed by atoms with Gasteiger partial charge < -0.3 is 15.4 Å². The van der Waals surface area contributed by atoms with E-state index >= 15 is 0 Å². The number of aromatic nitrogens is 3. The predicted octanol–water partition coefficient (Wildman–Crippen LogP) is 4.90. The molecule has 1 fully saturated rings. The lowest BCUT2D eigenvalue weighted by atomic mass is 10.0. The van der Waals surface area contributed by atoms with E-state index in [4.69, 9.17) is 10.5 Å². The number of rotatable bonds is 9. The summed E-state index contributed by atoms with van der Waals surface area (Å²) in [6.07, 6.45) is 6.55. The Labute approximate surface area is 264 Å². The van der Waals surface area contributed by atoms with Crippen molar-refractivity contribution in [1.29, 1.82) is 0 Å². The van der Waals surface area contributed by atoms with Gasteiger partial charge in [-0.1, -0.05) is 18.2 Å². The Morgan fingerprint density at radius 1 is 1.02 bits per heavy atom. The van der Waals surface area contributed by atoms with Crippen molar-refractivity contribution in [2.45, 2.75) is 38.9 Å². The second-order valence-electron chi connectivity index (χ2n) is 11.6. The van der Waals surface area contributed by atoms with Crippen LogP contribution in [0.25, 0.3) is 11.8 Å². The number of carbonyl (C=O) groups excluding carboxylic acids is 2. The lowest BCUT2D eigenvalue weighted by Gasteiger charge is -2.16. The summed E-state index contributed by atoms with van der Waals surface area (Å²) in [5, 5.41) is 4.30. The first-order valence-corrected chi connectivity index (χ1v) is 16.5. The number of nitrogens with two attached hydrogens (primary N) is 1. The number of ketones is 1. The zero-order valence-electron chi connectivity index (χ0n) is 25.2. The summed E-state index contributed by atoms with van der Waals surface area (Å²) in [7, 11) is -3.69. The topological polar surface area (TPSA) is 137 Å². The molecule has 2 N–H and O–H groups in total. The zero-order valence-corrected chi connectivity index (χ0v) is 26.0. The fourth-order valence-electron chi connectivity index (χ4n) is 5.78. The number of pyridine rings is 1. The molecule has 2 aliphatic rings. The Hall–Kier alpha value is -4.91. The van der Waals surface area contributed by atoms with Gasteiger partial charge in [0.05, 0.1) is 29.4 Å². The summed E-state index contributed by atoms with van der Waals surface area (Å²) in [6, 6.07) is 8.49. The average Bonchev–Trinajstić information content (AvgIpc) is 3.75. The van der Waals surface area contributed by atoms with E-state index in [2.05, 4.69) is 10.1 Å². The molecule has 0 bridgehead atoms. The number of para-hydroxylation sites is 1. The fourth-order valence-corrected chi connectivity index (χ4v) is 7.22. The van der Waals surface area contributed by atoms with Crippen LogP contribution < -0.4 is 10.5 Å². The molecule has 0 spiro atoms. The van der Waals surface area contributed by atoms with Gasteiger partial charge in [-0.2, -0.15) is 5.10 Å². The third-order valence-electron chi connectivity index (χ3n) is 8.24. The van der Waals surface area contributed by atoms with Gasteiger partial charge in [-0.25, -0.2) is 26.9 Å². The van der Waals surface area contributed by atoms with Gasteiger partial charge in [0.25, 0.3) is 0 Å². The first kappa shape index (κ1) is 31.1. The lowest BCUT2D eigenvalue weighted by Crippen LogP contribution is -2.33. The van der Waals surface area contributed by atoms with E-state index in [1.54, 1.807) is 24.0 Å². The molecule has 1 saturated heterocycles. The fraction of sp³-hybridized carbons (Fsp3) is 0.273. The predicted molar refractivity (Wildman–Crippen MR) is 167 cm³/mol. The zero-order chi connectivity index (χ0) is 32.7. The number of benzene rings is 2. The van der Waals surface area contributed by atoms with Gasteiger partial charge in [0, 0.05) is 31.1 Å². The van der Waals surface area contributed by atoms with E-state index in [-0.39, 0.29) is 41.1 Å². The summed E-state index contributed by atoms with van der Waals surface area (Å²) >= 11 is 0. The number of nitrogens with zero attached hydrogens (tertiary/aromatic N) is 4. The monoisotopic (exact) mass is 647 g/mol. The van der Waals surface area contributed by atoms with Crippen LogP contribution in [-0.4, -0.2) is 58.6 Å². The molecule has 1 amide bonds. The number of hydrogen-bond acceptors (Lipinski definition) is 8. The van der Waals surface area contributed by atoms with Gasteiger partial charge >= 0.3 is 0 Å². The number of aryl methyl sites for hydroxylation is 2. The number of fused-ring (bicyclic) bond motifs is 1. The SMILES string of the molecule is Cc1cc2c(cc1CS(=O)(=O)CC(=O)N1CCCC1)CC(C(=O)c1cnn(-c3cnc(Oc4c(F)cccc4F)cc3C)c1N)=C2. The first-order chi connectivity index (χ1) is 21.9. The highest BCUT2D eigenvalue weighted by atomic mass is 32.2. The van der Waals surface area contributed by atoms with Crippen LogP contribution >= 0.6 is 0 Å². The molecule has 1 aliphatic heterocycles. The number of likely N-dealkylation sites (tertiary alicyclic amines) is 1. The standard InChI is InChI=1S/C33H31F2N5O5S/c1-19-10-21-12-23(13-22(21)14-24(19)17-46(43,44)18-30(41)39-8-3-4-9-39)31(42)25-15-38-40(33(25)36)28-16-37-29(11-20(28)2)45-32-26(34)6-5-7-27(32)35/h5-7,10-12,14-16H,3-4,8-9,13,17-18,36H2,1-2H3. The third kappa shape index (κ3) is 6.14. The number of sulfone groups is 1. The number of Topliss-reactive ketones (excluding diaryl/α,β-unsaturated/α-hetero) is 1. The maximum atomic E-state index is 14.0. The second kappa shape index (κ2) is 12.1. The number of carbonyl (C=O) groups is 2. The molecule has 0 unspecified atom stereocenters. The summed E-state index contributed by atoms with van der Waals surface area (Å²) < 4.78 is 60.5. The molecule has 6 rings (SSSR count). The van der Waals surface area contributed by atoms with Gasteiger partial charge in [0.2, 0.25) is 17.5 Å². The van der Waals surface area contributed by atoms with Gasteiger partial charge in [-0.15, -0.1) is 0 Å². The van der Waals surface area contributed by atoms with Crippen molar-refractivity contribution in [3.63, 3.8) is 0 Å². The molecule has 10 nitrogen and oxygen atoms in total. The van der Waals surface area contributed by atoms with Crippen LogP contribution in [0.3, 0.4) is 0 Å². The highest BCUT2D eigenvalue weighted by Gasteiger charge is 2.28. The number of ether oxygens (including phenoxy) is 1. The number of halogens is 2. The van der Waals surface area contributed by atoms with Gasteiger partial charge in [-0.05, 0) is 72.7 Å². The number of anilines is 1. The van der Waals surface area contributed by atoms with E-state index in [1.165, 1.54) is 29.2 Å². The van der Waals surface area contributed by atoms with Crippen molar-refractivity contribution in [2.75, 3.05) is 24.6 Å². The molecule has 0 radical (unpaired) electrons. The van der Waals surface area contributed by atoms with E-state index < -0.39 is 33.0 Å². The van der Waals surface area contributed by atoms with Crippen molar-refractivity contribution < 1.29 is 31.5 Å². The van der Waals surface area contributed by atoms with Crippen molar-refractivity contribution >= 4 is 33.4 Å². The van der Waals surface area contributed by atoms with Crippen LogP contribution in [0.1, 0.15) is 51.0 Å². The summed E-state index contributed by atoms with van der Waals surface area (Å²) in [6.45, 7) is 4.70. The Balaban J connectivity index is 1.17. The minimum absolute atomic E-state index is 0.0400. The maximum absolute atomic E-state index is 14.0. The Bertz CT molecular complexity index is 2010. The molecule has 0 atom stereocenters. The molecular formula is C33H31F2N5O5S. The van der Waals surface area contributed by atoms with E-state index in [9.17, 15) is 26.8 Å². The summed E-state index contributed by atoms with van der Waals surface area (Å²) in [5.41, 5.74) is 11.0. The molecule has 3 heterocycles. The van der Waals surface area contributed by atoms with E-state index in [1.807, 2.05) is 13.0 Å². The normalized spacial score (nSPS) is 14.3. The largest absolute Gasteiger partial charge is 0.433 e. The lowest BCUT2D eigenvalue weighted by molar-refractivity contribution is -0.127. The number of hydrogen-bond donors (Lipinski definition) is 1. The molecule has 1 aliphatic carbocycles. The smallest absolute Gasteiger partial charge is 0.237 e. The number of amides is 1. The first-order valence-electron chi connectivity index (χ1n) is 14.7. The average molecular weight is 648 g/mol. The molecule has 0 saturated carbocycles. The molecule has 2 aromatic carbocycles. The van der Waals surface area contributed by atoms with Crippen molar-refractivity contribution in [1.82, 2.24) is 19.7 Å². The highest BCUT2D eigenvalue weighted by Crippen LogP contribution is 2.33. The molecule has 46 heavy (non-hydrogen) atoms. The number of allylic oxidation sites excluding steroid dienone is 1. The molecule has 4 aromatic rings. The summed E-state index contributed by atoms with van der Waals surface area (Å²) in [4.78, 5) is 31.8. The van der Waals surface area contributed by atoms with Gasteiger partial charge in [0.1, 0.15) is 11.6 Å². The van der Waals surface area contributed by atoms with Crippen LogP contribution in [0.15, 0.2) is 54.4 Å². The van der Waals surface area contributed by atoms with Crippen LogP contribution in [0.4, 0.5) is 14.6 Å². The highest BCUT2D eigenvalue weighted by molar-refractivity contribution is 7.91. The van der Waals surface area contributed by atoms with Crippen molar-refractivity contribution in [2.24, 2.45) is 0 Å². The molecule has 13 heteroatoms. The van der Waals surface area contributed by atoms with Crippen LogP contribution in [-0.2, 0) is 26.8 Å². The molecule has 238 valence electrons. The maximum Gasteiger partial charge on any atom is 0.237 e. The Kier molecular flexibility index (Phi) is 8.19. The van der Waals surface area contributed by atoms with Crippen LogP contribution in [0.5, 0.6) is 11.6 Å². The molecular weight excluding hydrogens is 616 g/mol. The van der Waals surface area contributed by atoms with Gasteiger partial charge in [-0.3, -0.25) is 9.59 Å². The minimum Gasteiger partial charge on any atom is -0.433 e. The quantitative estimate of drug-likeness (QED) is 0.254. The van der Waals surface area contributed by atoms with Crippen LogP contribution in [0, 0.1) is 25.5 Å². The minimum atomic E-state index is -3.69.